The first-order valence-corrected chi connectivity index (χ1v) is 10.7. The summed E-state index contributed by atoms with van der Waals surface area (Å²) >= 11 is 0. The zero-order valence-corrected chi connectivity index (χ0v) is 17.5. The summed E-state index contributed by atoms with van der Waals surface area (Å²) in [5.41, 5.74) is 0.358. The molecule has 2 aromatic rings. The van der Waals surface area contributed by atoms with E-state index in [1.54, 1.807) is 55.6 Å². The van der Waals surface area contributed by atoms with Crippen molar-refractivity contribution in [1.82, 2.24) is 5.32 Å². The maximum atomic E-state index is 12.1. The monoisotopic (exact) mass is 422 g/mol. The molecule has 0 aliphatic carbocycles. The first-order chi connectivity index (χ1) is 13.8. The summed E-state index contributed by atoms with van der Waals surface area (Å²) in [5, 5.41) is 2.52. The third-order valence-electron chi connectivity index (χ3n) is 3.57. The Morgan fingerprint density at radius 2 is 1.55 bits per heavy atom. The molecule has 158 valence electrons. The van der Waals surface area contributed by atoms with Crippen LogP contribution in [-0.2, 0) is 14.8 Å². The highest BCUT2D eigenvalue weighted by molar-refractivity contribution is 7.93. The Bertz CT molecular complexity index is 880. The molecule has 0 fully saturated rings. The first-order valence-electron chi connectivity index (χ1n) is 9.08. The fourth-order valence-electron chi connectivity index (χ4n) is 2.34. The lowest BCUT2D eigenvalue weighted by molar-refractivity contribution is -0.118. The third kappa shape index (κ3) is 8.30. The molecule has 0 heterocycles. The molecule has 0 atom stereocenters. The normalized spacial score (nSPS) is 11.0. The van der Waals surface area contributed by atoms with Crippen LogP contribution in [0, 0.1) is 0 Å². The highest BCUT2D eigenvalue weighted by Crippen LogP contribution is 2.18. The van der Waals surface area contributed by atoms with E-state index in [0.29, 0.717) is 22.9 Å². The smallest absolute Gasteiger partial charge is 0.241 e. The fourth-order valence-corrected chi connectivity index (χ4v) is 3.36. The Morgan fingerprint density at radius 3 is 2.14 bits per heavy atom. The van der Waals surface area contributed by atoms with Gasteiger partial charge in [0.2, 0.25) is 15.9 Å². The van der Waals surface area contributed by atoms with E-state index in [4.69, 9.17) is 14.2 Å². The molecule has 0 aliphatic rings. The number of amides is 1. The van der Waals surface area contributed by atoms with Gasteiger partial charge in [0.05, 0.1) is 19.8 Å². The summed E-state index contributed by atoms with van der Waals surface area (Å²) < 4.78 is 42.7. The van der Waals surface area contributed by atoms with E-state index < -0.39 is 21.7 Å². The largest absolute Gasteiger partial charge is 0.497 e. The summed E-state index contributed by atoms with van der Waals surface area (Å²) in [4.78, 5) is 11.9. The Labute approximate surface area is 171 Å². The standard InChI is InChI=1S/C20H26N2O6S/c1-15(2)28-19-6-4-16(5-7-19)22-29(24,25)14-20(23)21-12-13-27-18-10-8-17(26-3)9-11-18/h4-11,15,22H,12-14H2,1-3H3,(H,21,23). The number of anilines is 1. The van der Waals surface area contributed by atoms with Crippen LogP contribution in [0.25, 0.3) is 0 Å². The molecule has 1 amide bonds. The maximum Gasteiger partial charge on any atom is 0.241 e. The van der Waals surface area contributed by atoms with Gasteiger partial charge in [0.15, 0.2) is 0 Å². The van der Waals surface area contributed by atoms with Crippen LogP contribution in [0.4, 0.5) is 5.69 Å². The number of hydrogen-bond donors (Lipinski definition) is 2. The van der Waals surface area contributed by atoms with Crippen molar-refractivity contribution in [2.75, 3.05) is 30.7 Å². The van der Waals surface area contributed by atoms with Crippen LogP contribution in [0.15, 0.2) is 48.5 Å². The second-order valence-electron chi connectivity index (χ2n) is 6.43. The van der Waals surface area contributed by atoms with Gasteiger partial charge in [0.1, 0.15) is 29.6 Å². The molecule has 2 N–H and O–H groups in total. The summed E-state index contributed by atoms with van der Waals surface area (Å²) in [6.45, 7) is 4.19. The highest BCUT2D eigenvalue weighted by Gasteiger charge is 2.16. The number of sulfonamides is 1. The summed E-state index contributed by atoms with van der Waals surface area (Å²) in [6.07, 6.45) is 0.0231. The molecule has 2 aromatic carbocycles. The summed E-state index contributed by atoms with van der Waals surface area (Å²) in [5.74, 6) is 0.678. The predicted octanol–water partition coefficient (Wildman–Crippen LogP) is 2.42. The molecule has 0 saturated carbocycles. The van der Waals surface area contributed by atoms with Crippen LogP contribution in [-0.4, -0.2) is 46.4 Å². The molecule has 0 radical (unpaired) electrons. The van der Waals surface area contributed by atoms with Crippen molar-refractivity contribution in [3.63, 3.8) is 0 Å². The molecule has 0 bridgehead atoms. The van der Waals surface area contributed by atoms with E-state index >= 15 is 0 Å². The number of benzene rings is 2. The van der Waals surface area contributed by atoms with Gasteiger partial charge in [-0.05, 0) is 62.4 Å². The second kappa shape index (κ2) is 10.6. The minimum atomic E-state index is -3.82. The maximum absolute atomic E-state index is 12.1. The van der Waals surface area contributed by atoms with Gasteiger partial charge in [0.25, 0.3) is 0 Å². The van der Waals surface area contributed by atoms with E-state index in [1.165, 1.54) is 0 Å². The molecular formula is C20H26N2O6S. The average Bonchev–Trinajstić information content (AvgIpc) is 2.66. The van der Waals surface area contributed by atoms with Gasteiger partial charge >= 0.3 is 0 Å². The molecule has 0 aliphatic heterocycles. The summed E-state index contributed by atoms with van der Waals surface area (Å²) in [7, 11) is -2.25. The Balaban J connectivity index is 1.73. The summed E-state index contributed by atoms with van der Waals surface area (Å²) in [6, 6.07) is 13.5. The molecule has 0 saturated heterocycles. The van der Waals surface area contributed by atoms with Crippen LogP contribution in [0.1, 0.15) is 13.8 Å². The highest BCUT2D eigenvalue weighted by atomic mass is 32.2. The number of carbonyl (C=O) groups is 1. The van der Waals surface area contributed by atoms with Gasteiger partial charge in [0, 0.05) is 5.69 Å². The van der Waals surface area contributed by atoms with Gasteiger partial charge in [-0.2, -0.15) is 0 Å². The van der Waals surface area contributed by atoms with Gasteiger partial charge < -0.3 is 19.5 Å². The lowest BCUT2D eigenvalue weighted by atomic mass is 10.3. The van der Waals surface area contributed by atoms with Crippen molar-refractivity contribution >= 4 is 21.6 Å². The number of ether oxygens (including phenoxy) is 3. The number of hydrogen-bond acceptors (Lipinski definition) is 6. The van der Waals surface area contributed by atoms with Gasteiger partial charge in [-0.15, -0.1) is 0 Å². The van der Waals surface area contributed by atoms with Crippen LogP contribution < -0.4 is 24.2 Å². The number of rotatable bonds is 11. The van der Waals surface area contributed by atoms with Crippen molar-refractivity contribution in [1.29, 1.82) is 0 Å². The van der Waals surface area contributed by atoms with Gasteiger partial charge in [-0.1, -0.05) is 0 Å². The number of nitrogens with one attached hydrogen (secondary N) is 2. The van der Waals surface area contributed by atoms with E-state index in [1.807, 2.05) is 13.8 Å². The van der Waals surface area contributed by atoms with E-state index in [9.17, 15) is 13.2 Å². The van der Waals surface area contributed by atoms with Gasteiger partial charge in [-0.3, -0.25) is 9.52 Å². The second-order valence-corrected chi connectivity index (χ2v) is 8.15. The van der Waals surface area contributed by atoms with E-state index in [-0.39, 0.29) is 19.3 Å². The molecular weight excluding hydrogens is 396 g/mol. The molecule has 9 heteroatoms. The van der Waals surface area contributed by atoms with Crippen LogP contribution >= 0.6 is 0 Å². The quantitative estimate of drug-likeness (QED) is 0.539. The minimum Gasteiger partial charge on any atom is -0.497 e. The lowest BCUT2D eigenvalue weighted by Crippen LogP contribution is -2.35. The van der Waals surface area contributed by atoms with Crippen molar-refractivity contribution in [3.05, 3.63) is 48.5 Å². The van der Waals surface area contributed by atoms with Crippen molar-refractivity contribution < 1.29 is 27.4 Å². The molecule has 0 spiro atoms. The first kappa shape index (κ1) is 22.4. The topological polar surface area (TPSA) is 103 Å². The fraction of sp³-hybridized carbons (Fsp3) is 0.350. The van der Waals surface area contributed by atoms with E-state index in [2.05, 4.69) is 10.0 Å². The van der Waals surface area contributed by atoms with Crippen LogP contribution in [0.3, 0.4) is 0 Å². The van der Waals surface area contributed by atoms with Crippen LogP contribution in [0.5, 0.6) is 17.2 Å². The van der Waals surface area contributed by atoms with Crippen molar-refractivity contribution in [3.8, 4) is 17.2 Å². The molecule has 2 rings (SSSR count). The van der Waals surface area contributed by atoms with Crippen molar-refractivity contribution in [2.45, 2.75) is 20.0 Å². The minimum absolute atomic E-state index is 0.0231. The molecule has 0 unspecified atom stereocenters. The molecule has 0 aromatic heterocycles. The number of carbonyl (C=O) groups excluding carboxylic acids is 1. The SMILES string of the molecule is COc1ccc(OCCNC(=O)CS(=O)(=O)Nc2ccc(OC(C)C)cc2)cc1. The van der Waals surface area contributed by atoms with Crippen molar-refractivity contribution in [2.24, 2.45) is 0 Å². The lowest BCUT2D eigenvalue weighted by Gasteiger charge is -2.12. The molecule has 8 nitrogen and oxygen atoms in total. The Hall–Kier alpha value is -2.94. The van der Waals surface area contributed by atoms with Crippen LogP contribution in [0.2, 0.25) is 0 Å². The Morgan fingerprint density at radius 1 is 0.966 bits per heavy atom. The zero-order valence-electron chi connectivity index (χ0n) is 16.7. The third-order valence-corrected chi connectivity index (χ3v) is 4.76. The zero-order chi connectivity index (χ0) is 21.3. The Kier molecular flexibility index (Phi) is 8.14. The van der Waals surface area contributed by atoms with Gasteiger partial charge in [-0.25, -0.2) is 8.42 Å². The predicted molar refractivity (Wildman–Crippen MR) is 111 cm³/mol. The number of methoxy groups -OCH3 is 1. The average molecular weight is 423 g/mol. The van der Waals surface area contributed by atoms with E-state index in [0.717, 1.165) is 0 Å². The molecule has 29 heavy (non-hydrogen) atoms.